The zero-order chi connectivity index (χ0) is 10.1. The van der Waals surface area contributed by atoms with Gasteiger partial charge in [-0.3, -0.25) is 0 Å². The van der Waals surface area contributed by atoms with E-state index in [1.54, 1.807) is 0 Å². The maximum atomic E-state index is 13.5. The van der Waals surface area contributed by atoms with Crippen LogP contribution < -0.4 is 0 Å². The summed E-state index contributed by atoms with van der Waals surface area (Å²) in [6, 6.07) is 0. The standard InChI is InChI=1S/C7H13FO5/c1-12-3-7(8)6(11)5(10)4(9)2-13-7/h4-6,9-11H,2-3H2,1H3. The van der Waals surface area contributed by atoms with Gasteiger partial charge in [-0.1, -0.05) is 0 Å². The summed E-state index contributed by atoms with van der Waals surface area (Å²) in [5.74, 6) is -2.44. The van der Waals surface area contributed by atoms with Crippen molar-refractivity contribution >= 4 is 0 Å². The van der Waals surface area contributed by atoms with Gasteiger partial charge in [0, 0.05) is 7.11 Å². The van der Waals surface area contributed by atoms with Crippen molar-refractivity contribution in [2.75, 3.05) is 20.3 Å². The second-order valence-electron chi connectivity index (χ2n) is 3.03. The minimum atomic E-state index is -2.44. The molecule has 1 aliphatic rings. The molecule has 0 aromatic carbocycles. The fourth-order valence-corrected chi connectivity index (χ4v) is 1.20. The van der Waals surface area contributed by atoms with E-state index < -0.39 is 30.8 Å². The van der Waals surface area contributed by atoms with E-state index in [-0.39, 0.29) is 6.61 Å². The van der Waals surface area contributed by atoms with Crippen molar-refractivity contribution in [3.05, 3.63) is 0 Å². The Morgan fingerprint density at radius 3 is 2.69 bits per heavy atom. The normalized spacial score (nSPS) is 46.4. The van der Waals surface area contributed by atoms with Crippen LogP contribution in [0.3, 0.4) is 0 Å². The Labute approximate surface area is 74.7 Å². The summed E-state index contributed by atoms with van der Waals surface area (Å²) in [7, 11) is 1.24. The van der Waals surface area contributed by atoms with E-state index in [0.717, 1.165) is 0 Å². The van der Waals surface area contributed by atoms with Crippen LogP contribution >= 0.6 is 0 Å². The smallest absolute Gasteiger partial charge is 0.261 e. The van der Waals surface area contributed by atoms with E-state index in [0.29, 0.717) is 0 Å². The Hall–Kier alpha value is -0.270. The lowest BCUT2D eigenvalue weighted by Crippen LogP contribution is -2.60. The largest absolute Gasteiger partial charge is 0.388 e. The molecule has 1 saturated heterocycles. The first-order chi connectivity index (χ1) is 6.01. The van der Waals surface area contributed by atoms with E-state index >= 15 is 0 Å². The summed E-state index contributed by atoms with van der Waals surface area (Å²) in [5.41, 5.74) is 0. The van der Waals surface area contributed by atoms with Crippen molar-refractivity contribution < 1.29 is 29.2 Å². The first-order valence-corrected chi connectivity index (χ1v) is 3.87. The number of aliphatic hydroxyl groups excluding tert-OH is 3. The molecule has 0 aliphatic carbocycles. The third-order valence-corrected chi connectivity index (χ3v) is 1.99. The molecule has 0 amide bonds. The number of hydrogen-bond donors (Lipinski definition) is 3. The van der Waals surface area contributed by atoms with Crippen LogP contribution in [0.25, 0.3) is 0 Å². The summed E-state index contributed by atoms with van der Waals surface area (Å²) in [4.78, 5) is 0. The molecule has 1 fully saturated rings. The predicted molar refractivity (Wildman–Crippen MR) is 39.7 cm³/mol. The minimum absolute atomic E-state index is 0.363. The molecule has 4 atom stereocenters. The molecule has 0 aromatic rings. The molecule has 13 heavy (non-hydrogen) atoms. The Bertz CT molecular complexity index is 178. The first kappa shape index (κ1) is 10.8. The molecule has 6 heteroatoms. The molecular weight excluding hydrogens is 183 g/mol. The maximum Gasteiger partial charge on any atom is 0.261 e. The number of aliphatic hydroxyl groups is 3. The van der Waals surface area contributed by atoms with Gasteiger partial charge in [0.2, 0.25) is 0 Å². The highest BCUT2D eigenvalue weighted by Crippen LogP contribution is 2.27. The average molecular weight is 196 g/mol. The van der Waals surface area contributed by atoms with Crippen LogP contribution in [0.15, 0.2) is 0 Å². The minimum Gasteiger partial charge on any atom is -0.388 e. The molecule has 0 bridgehead atoms. The third kappa shape index (κ3) is 1.97. The first-order valence-electron chi connectivity index (χ1n) is 3.87. The van der Waals surface area contributed by atoms with Crippen molar-refractivity contribution in [3.8, 4) is 0 Å². The third-order valence-electron chi connectivity index (χ3n) is 1.99. The van der Waals surface area contributed by atoms with Crippen molar-refractivity contribution in [2.24, 2.45) is 0 Å². The summed E-state index contributed by atoms with van der Waals surface area (Å²) in [6.45, 7) is -0.851. The SMILES string of the molecule is COCC1(F)OCC(O)C(O)C1O. The number of alkyl halides is 1. The van der Waals surface area contributed by atoms with Gasteiger partial charge in [-0.2, -0.15) is 0 Å². The molecule has 1 rings (SSSR count). The number of halogens is 1. The van der Waals surface area contributed by atoms with Gasteiger partial charge in [0.05, 0.1) is 6.61 Å². The van der Waals surface area contributed by atoms with E-state index in [2.05, 4.69) is 9.47 Å². The average Bonchev–Trinajstić information content (AvgIpc) is 2.10. The summed E-state index contributed by atoms with van der Waals surface area (Å²) >= 11 is 0. The molecule has 0 saturated carbocycles. The molecular formula is C7H13FO5. The van der Waals surface area contributed by atoms with Crippen LogP contribution in [0.2, 0.25) is 0 Å². The molecule has 4 unspecified atom stereocenters. The van der Waals surface area contributed by atoms with Crippen molar-refractivity contribution in [2.45, 2.75) is 24.2 Å². The van der Waals surface area contributed by atoms with Crippen molar-refractivity contribution in [1.29, 1.82) is 0 Å². The number of ether oxygens (including phenoxy) is 2. The molecule has 0 spiro atoms. The van der Waals surface area contributed by atoms with E-state index in [4.69, 9.17) is 10.2 Å². The predicted octanol–water partition coefficient (Wildman–Crippen LogP) is -1.59. The molecule has 1 aliphatic heterocycles. The van der Waals surface area contributed by atoms with Crippen LogP contribution in [0.4, 0.5) is 4.39 Å². The monoisotopic (exact) mass is 196 g/mol. The van der Waals surface area contributed by atoms with E-state index in [1.807, 2.05) is 0 Å². The lowest BCUT2D eigenvalue weighted by atomic mass is 9.99. The van der Waals surface area contributed by atoms with E-state index in [9.17, 15) is 9.50 Å². The highest BCUT2D eigenvalue weighted by molar-refractivity contribution is 4.91. The van der Waals surface area contributed by atoms with Crippen LogP contribution in [-0.4, -0.2) is 59.8 Å². The second-order valence-corrected chi connectivity index (χ2v) is 3.03. The lowest BCUT2D eigenvalue weighted by Gasteiger charge is -2.39. The van der Waals surface area contributed by atoms with Gasteiger partial charge in [-0.15, -0.1) is 0 Å². The highest BCUT2D eigenvalue weighted by Gasteiger charge is 2.50. The number of rotatable bonds is 2. The van der Waals surface area contributed by atoms with Gasteiger partial charge in [-0.25, -0.2) is 4.39 Å². The van der Waals surface area contributed by atoms with Gasteiger partial charge in [0.15, 0.2) is 0 Å². The van der Waals surface area contributed by atoms with Gasteiger partial charge in [0.25, 0.3) is 5.85 Å². The fraction of sp³-hybridized carbons (Fsp3) is 1.00. The second kappa shape index (κ2) is 3.85. The summed E-state index contributed by atoms with van der Waals surface area (Å²) < 4.78 is 22.6. The van der Waals surface area contributed by atoms with Gasteiger partial charge in [-0.05, 0) is 0 Å². The number of hydrogen-bond acceptors (Lipinski definition) is 5. The molecule has 5 nitrogen and oxygen atoms in total. The topological polar surface area (TPSA) is 79.2 Å². The maximum absolute atomic E-state index is 13.5. The zero-order valence-corrected chi connectivity index (χ0v) is 7.18. The van der Waals surface area contributed by atoms with Gasteiger partial charge >= 0.3 is 0 Å². The highest BCUT2D eigenvalue weighted by atomic mass is 19.2. The molecule has 0 aromatic heterocycles. The van der Waals surface area contributed by atoms with E-state index in [1.165, 1.54) is 7.11 Å². The Morgan fingerprint density at radius 2 is 2.15 bits per heavy atom. The molecule has 3 N–H and O–H groups in total. The van der Waals surface area contributed by atoms with Crippen molar-refractivity contribution in [3.63, 3.8) is 0 Å². The van der Waals surface area contributed by atoms with Crippen molar-refractivity contribution in [1.82, 2.24) is 0 Å². The molecule has 0 radical (unpaired) electrons. The van der Waals surface area contributed by atoms with Crippen LogP contribution in [-0.2, 0) is 9.47 Å². The number of methoxy groups -OCH3 is 1. The Morgan fingerprint density at radius 1 is 1.54 bits per heavy atom. The van der Waals surface area contributed by atoms with Gasteiger partial charge in [0.1, 0.15) is 24.9 Å². The Balaban J connectivity index is 2.67. The van der Waals surface area contributed by atoms with Crippen LogP contribution in [0.1, 0.15) is 0 Å². The summed E-state index contributed by atoms with van der Waals surface area (Å²) in [6.07, 6.45) is -4.61. The lowest BCUT2D eigenvalue weighted by molar-refractivity contribution is -0.300. The van der Waals surface area contributed by atoms with Crippen LogP contribution in [0, 0.1) is 0 Å². The Kier molecular flexibility index (Phi) is 3.20. The zero-order valence-electron chi connectivity index (χ0n) is 7.18. The van der Waals surface area contributed by atoms with Gasteiger partial charge < -0.3 is 24.8 Å². The molecule has 1 heterocycles. The summed E-state index contributed by atoms with van der Waals surface area (Å²) in [5, 5.41) is 27.3. The quantitative estimate of drug-likeness (QED) is 0.496. The fourth-order valence-electron chi connectivity index (χ4n) is 1.20. The molecule has 78 valence electrons. The van der Waals surface area contributed by atoms with Crippen LogP contribution in [0.5, 0.6) is 0 Å².